The van der Waals surface area contributed by atoms with Gasteiger partial charge in [-0.2, -0.15) is 0 Å². The van der Waals surface area contributed by atoms with Gasteiger partial charge in [0.2, 0.25) is 5.91 Å². The third-order valence-electron chi connectivity index (χ3n) is 3.62. The number of hydrogen-bond acceptors (Lipinski definition) is 4. The second-order valence-corrected chi connectivity index (χ2v) is 6.70. The van der Waals surface area contributed by atoms with Crippen molar-refractivity contribution in [2.24, 2.45) is 0 Å². The first-order chi connectivity index (χ1) is 11.6. The number of amides is 1. The lowest BCUT2D eigenvalue weighted by Crippen LogP contribution is -2.23. The summed E-state index contributed by atoms with van der Waals surface area (Å²) in [5.74, 6) is -0.244. The maximum Gasteiger partial charge on any atom is 0.237 e. The molecule has 1 atom stereocenters. The van der Waals surface area contributed by atoms with Crippen LogP contribution in [0.4, 0.5) is 5.69 Å². The zero-order valence-electron chi connectivity index (χ0n) is 13.4. The summed E-state index contributed by atoms with van der Waals surface area (Å²) in [5, 5.41) is 3.24. The van der Waals surface area contributed by atoms with E-state index < -0.39 is 0 Å². The summed E-state index contributed by atoms with van der Waals surface area (Å²) in [6.07, 6.45) is 3.69. The molecule has 0 fully saturated rings. The van der Waals surface area contributed by atoms with Crippen molar-refractivity contribution in [2.45, 2.75) is 24.3 Å². The maximum atomic E-state index is 12.5. The van der Waals surface area contributed by atoms with E-state index in [1.54, 1.807) is 30.5 Å². The molecule has 0 unspecified atom stereocenters. The lowest BCUT2D eigenvalue weighted by atomic mass is 10.1. The number of Topliss-reactive ketones (excluding diaryl/α,β-unsaturated/α-hetero) is 1. The molecule has 1 amide bonds. The van der Waals surface area contributed by atoms with Crippen LogP contribution in [0.25, 0.3) is 5.52 Å². The van der Waals surface area contributed by atoms with Crippen LogP contribution in [0.3, 0.4) is 0 Å². The third-order valence-corrected chi connectivity index (χ3v) is 4.70. The molecular formula is C18H17N3O2S. The fourth-order valence-corrected chi connectivity index (χ4v) is 3.23. The fourth-order valence-electron chi connectivity index (χ4n) is 2.35. The highest BCUT2D eigenvalue weighted by molar-refractivity contribution is 8.00. The normalized spacial score (nSPS) is 12.1. The Kier molecular flexibility index (Phi) is 4.66. The molecule has 1 N–H and O–H groups in total. The van der Waals surface area contributed by atoms with Gasteiger partial charge in [0.25, 0.3) is 0 Å². The van der Waals surface area contributed by atoms with Gasteiger partial charge in [0.1, 0.15) is 0 Å². The van der Waals surface area contributed by atoms with Gasteiger partial charge in [-0.05, 0) is 38.1 Å². The van der Waals surface area contributed by atoms with Gasteiger partial charge in [-0.25, -0.2) is 4.98 Å². The molecule has 122 valence electrons. The summed E-state index contributed by atoms with van der Waals surface area (Å²) in [6.45, 7) is 3.31. The van der Waals surface area contributed by atoms with E-state index in [1.807, 2.05) is 35.7 Å². The Hall–Kier alpha value is -2.60. The van der Waals surface area contributed by atoms with Gasteiger partial charge < -0.3 is 5.32 Å². The minimum Gasteiger partial charge on any atom is -0.324 e. The van der Waals surface area contributed by atoms with Crippen LogP contribution in [0.15, 0.2) is 60.0 Å². The number of carbonyl (C=O) groups excluding carboxylic acids is 2. The molecule has 0 saturated heterocycles. The molecule has 0 spiro atoms. The molecular weight excluding hydrogens is 322 g/mol. The number of nitrogens with zero attached hydrogens (tertiary/aromatic N) is 2. The van der Waals surface area contributed by atoms with Crippen molar-refractivity contribution in [1.29, 1.82) is 0 Å². The predicted octanol–water partition coefficient (Wildman–Crippen LogP) is 3.66. The van der Waals surface area contributed by atoms with Gasteiger partial charge in [-0.15, -0.1) is 0 Å². The predicted molar refractivity (Wildman–Crippen MR) is 95.6 cm³/mol. The molecule has 3 aromatic rings. The zero-order chi connectivity index (χ0) is 17.1. The maximum absolute atomic E-state index is 12.5. The number of fused-ring (bicyclic) bond motifs is 1. The van der Waals surface area contributed by atoms with E-state index in [1.165, 1.54) is 18.7 Å². The lowest BCUT2D eigenvalue weighted by molar-refractivity contribution is -0.115. The molecule has 2 heterocycles. The monoisotopic (exact) mass is 339 g/mol. The lowest BCUT2D eigenvalue weighted by Gasteiger charge is -2.13. The first kappa shape index (κ1) is 16.3. The van der Waals surface area contributed by atoms with E-state index in [0.717, 1.165) is 10.7 Å². The number of pyridine rings is 1. The first-order valence-corrected chi connectivity index (χ1v) is 8.44. The number of anilines is 1. The average molecular weight is 339 g/mol. The largest absolute Gasteiger partial charge is 0.324 e. The van der Waals surface area contributed by atoms with Crippen molar-refractivity contribution in [1.82, 2.24) is 9.38 Å². The van der Waals surface area contributed by atoms with Gasteiger partial charge in [0, 0.05) is 11.8 Å². The van der Waals surface area contributed by atoms with Crippen molar-refractivity contribution in [3.63, 3.8) is 0 Å². The number of aromatic nitrogens is 2. The second kappa shape index (κ2) is 6.88. The molecule has 0 saturated carbocycles. The highest BCUT2D eigenvalue weighted by atomic mass is 32.2. The molecule has 0 aliphatic heterocycles. The van der Waals surface area contributed by atoms with Gasteiger partial charge in [-0.3, -0.25) is 14.0 Å². The van der Waals surface area contributed by atoms with Crippen molar-refractivity contribution in [2.75, 3.05) is 5.32 Å². The molecule has 24 heavy (non-hydrogen) atoms. The van der Waals surface area contributed by atoms with Crippen LogP contribution in [0.5, 0.6) is 0 Å². The highest BCUT2D eigenvalue weighted by Gasteiger charge is 2.19. The number of nitrogens with one attached hydrogen (secondary N) is 1. The summed E-state index contributed by atoms with van der Waals surface area (Å²) in [7, 11) is 0. The third kappa shape index (κ3) is 3.33. The standard InChI is InChI=1S/C18H17N3O2S/c1-12(22)15-8-3-4-9-16(15)20-17(23)13(2)24-18-19-11-14-7-5-6-10-21(14)18/h3-11,13H,1-2H3,(H,20,23)/t13-/m1/s1. The van der Waals surface area contributed by atoms with Crippen molar-refractivity contribution < 1.29 is 9.59 Å². The number of hydrogen-bond donors (Lipinski definition) is 1. The number of imidazole rings is 1. The topological polar surface area (TPSA) is 63.5 Å². The Morgan fingerprint density at radius 1 is 1.17 bits per heavy atom. The Morgan fingerprint density at radius 3 is 2.71 bits per heavy atom. The Labute approximate surface area is 144 Å². The molecule has 3 rings (SSSR count). The van der Waals surface area contributed by atoms with E-state index in [-0.39, 0.29) is 16.9 Å². The highest BCUT2D eigenvalue weighted by Crippen LogP contribution is 2.25. The van der Waals surface area contributed by atoms with Crippen LogP contribution >= 0.6 is 11.8 Å². The smallest absolute Gasteiger partial charge is 0.237 e. The van der Waals surface area contributed by atoms with E-state index >= 15 is 0 Å². The zero-order valence-corrected chi connectivity index (χ0v) is 14.2. The van der Waals surface area contributed by atoms with Crippen molar-refractivity contribution >= 4 is 34.7 Å². The molecule has 6 heteroatoms. The quantitative estimate of drug-likeness (QED) is 0.569. The average Bonchev–Trinajstić information content (AvgIpc) is 2.98. The number of rotatable bonds is 5. The summed E-state index contributed by atoms with van der Waals surface area (Å²) < 4.78 is 1.94. The molecule has 0 bridgehead atoms. The van der Waals surface area contributed by atoms with Gasteiger partial charge >= 0.3 is 0 Å². The summed E-state index contributed by atoms with van der Waals surface area (Å²) in [6, 6.07) is 12.8. The molecule has 2 aromatic heterocycles. The first-order valence-electron chi connectivity index (χ1n) is 7.56. The summed E-state index contributed by atoms with van der Waals surface area (Å²) >= 11 is 1.38. The number of benzene rings is 1. The molecule has 1 aromatic carbocycles. The van der Waals surface area contributed by atoms with E-state index in [0.29, 0.717) is 11.3 Å². The van der Waals surface area contributed by atoms with E-state index in [2.05, 4.69) is 10.3 Å². The van der Waals surface area contributed by atoms with Gasteiger partial charge in [0.15, 0.2) is 10.9 Å². The van der Waals surface area contributed by atoms with E-state index in [4.69, 9.17) is 0 Å². The minimum absolute atomic E-state index is 0.0783. The number of para-hydroxylation sites is 1. The molecule has 0 aliphatic carbocycles. The molecule has 0 aliphatic rings. The Morgan fingerprint density at radius 2 is 1.92 bits per heavy atom. The molecule has 5 nitrogen and oxygen atoms in total. The fraction of sp³-hybridized carbons (Fsp3) is 0.167. The van der Waals surface area contributed by atoms with Gasteiger partial charge in [-0.1, -0.05) is 30.0 Å². The van der Waals surface area contributed by atoms with Crippen molar-refractivity contribution in [3.05, 3.63) is 60.4 Å². The number of thioether (sulfide) groups is 1. The Bertz CT molecular complexity index is 904. The van der Waals surface area contributed by atoms with Crippen LogP contribution in [-0.4, -0.2) is 26.3 Å². The van der Waals surface area contributed by atoms with Crippen LogP contribution in [0.1, 0.15) is 24.2 Å². The molecule has 0 radical (unpaired) electrons. The number of carbonyl (C=O) groups is 2. The second-order valence-electron chi connectivity index (χ2n) is 5.39. The SMILES string of the molecule is CC(=O)c1ccccc1NC(=O)[C@@H](C)Sc1ncc2ccccn12. The number of ketones is 1. The van der Waals surface area contributed by atoms with E-state index in [9.17, 15) is 9.59 Å². The van der Waals surface area contributed by atoms with Crippen LogP contribution in [0.2, 0.25) is 0 Å². The van der Waals surface area contributed by atoms with Crippen LogP contribution in [0, 0.1) is 0 Å². The van der Waals surface area contributed by atoms with Crippen LogP contribution in [-0.2, 0) is 4.79 Å². The summed E-state index contributed by atoms with van der Waals surface area (Å²) in [4.78, 5) is 28.5. The minimum atomic E-state index is -0.351. The Balaban J connectivity index is 1.75. The van der Waals surface area contributed by atoms with Crippen LogP contribution < -0.4 is 5.32 Å². The van der Waals surface area contributed by atoms with Gasteiger partial charge in [0.05, 0.1) is 22.7 Å². The summed E-state index contributed by atoms with van der Waals surface area (Å²) in [5.41, 5.74) is 2.03. The van der Waals surface area contributed by atoms with Crippen molar-refractivity contribution in [3.8, 4) is 0 Å².